The van der Waals surface area contributed by atoms with E-state index in [2.05, 4.69) is 39.5 Å². The van der Waals surface area contributed by atoms with Crippen LogP contribution in [0.5, 0.6) is 5.75 Å². The fourth-order valence-corrected chi connectivity index (χ4v) is 9.80. The Morgan fingerprint density at radius 3 is 2.31 bits per heavy atom. The van der Waals surface area contributed by atoms with Gasteiger partial charge in [-0.25, -0.2) is 4.79 Å². The summed E-state index contributed by atoms with van der Waals surface area (Å²) in [6.07, 6.45) is 0.815. The van der Waals surface area contributed by atoms with Crippen LogP contribution < -0.4 is 10.9 Å². The van der Waals surface area contributed by atoms with E-state index in [1.165, 1.54) is 33.9 Å². The molecular weight excluding hydrogens is 841 g/mol. The van der Waals surface area contributed by atoms with Crippen molar-refractivity contribution in [2.45, 2.75) is 44.2 Å². The van der Waals surface area contributed by atoms with Crippen LogP contribution in [0.25, 0.3) is 21.3 Å². The van der Waals surface area contributed by atoms with Crippen LogP contribution in [0.4, 0.5) is 0 Å². The van der Waals surface area contributed by atoms with E-state index in [-0.39, 0.29) is 42.4 Å². The molecule has 0 spiro atoms. The number of carbonyl (C=O) groups excluding carboxylic acids is 3. The fourth-order valence-electron chi connectivity index (χ4n) is 8.81. The summed E-state index contributed by atoms with van der Waals surface area (Å²) in [4.78, 5) is 60.9. The van der Waals surface area contributed by atoms with Crippen molar-refractivity contribution in [2.24, 2.45) is 5.92 Å². The van der Waals surface area contributed by atoms with E-state index in [1.807, 2.05) is 30.3 Å². The summed E-state index contributed by atoms with van der Waals surface area (Å²) in [5, 5.41) is 37.3. The number of aromatic nitrogens is 1. The largest absolute Gasteiger partial charge is 0.506 e. The summed E-state index contributed by atoms with van der Waals surface area (Å²) in [6.45, 7) is 3.41. The van der Waals surface area contributed by atoms with Crippen molar-refractivity contribution in [1.82, 2.24) is 20.1 Å². The quantitative estimate of drug-likeness (QED) is 0.0521. The summed E-state index contributed by atoms with van der Waals surface area (Å²) in [5.41, 5.74) is 2.50. The van der Waals surface area contributed by atoms with Gasteiger partial charge in [0.25, 0.3) is 11.8 Å². The summed E-state index contributed by atoms with van der Waals surface area (Å²) in [5.74, 6) is -1.44. The minimum Gasteiger partial charge on any atom is -0.506 e. The lowest BCUT2D eigenvalue weighted by molar-refractivity contribution is -0.164. The number of carbonyl (C=O) groups is 3. The number of amides is 2. The Balaban J connectivity index is 0.838. The second kappa shape index (κ2) is 18.8. The molecule has 65 heavy (non-hydrogen) atoms. The first-order valence-electron chi connectivity index (χ1n) is 21.7. The number of aromatic hydroxyl groups is 1. The molecule has 12 nitrogen and oxygen atoms in total. The number of aliphatic hydroxyl groups is 2. The minimum atomic E-state index is -2.07. The molecule has 5 aromatic carbocycles. The van der Waals surface area contributed by atoms with E-state index in [1.54, 1.807) is 72.8 Å². The molecule has 2 aliphatic heterocycles. The number of phenolic OH excluding ortho intramolecular Hbond substituents is 1. The lowest BCUT2D eigenvalue weighted by Crippen LogP contribution is -2.40. The number of hydrogen-bond donors (Lipinski definition) is 5. The molecule has 0 radical (unpaired) electrons. The van der Waals surface area contributed by atoms with Gasteiger partial charge in [-0.2, -0.15) is 0 Å². The zero-order valence-electron chi connectivity index (χ0n) is 35.5. The Morgan fingerprint density at radius 2 is 1.52 bits per heavy atom. The summed E-state index contributed by atoms with van der Waals surface area (Å²) >= 11 is 1.41. The number of aliphatic hydroxyl groups excluding tert-OH is 1. The molecule has 2 aliphatic rings. The van der Waals surface area contributed by atoms with Crippen LogP contribution >= 0.6 is 11.3 Å². The van der Waals surface area contributed by atoms with Crippen LogP contribution in [0.3, 0.4) is 0 Å². The van der Waals surface area contributed by atoms with Gasteiger partial charge in [-0.15, -0.1) is 11.3 Å². The second-order valence-electron chi connectivity index (χ2n) is 16.7. The highest BCUT2D eigenvalue weighted by Gasteiger charge is 2.42. The van der Waals surface area contributed by atoms with Crippen LogP contribution in [0.2, 0.25) is 0 Å². The average Bonchev–Trinajstić information content (AvgIpc) is 3.90. The third-order valence-electron chi connectivity index (χ3n) is 12.4. The molecule has 5 N–H and O–H groups in total. The molecule has 7 aromatic rings. The first-order valence-corrected chi connectivity index (χ1v) is 22.5. The minimum absolute atomic E-state index is 0.0633. The van der Waals surface area contributed by atoms with Crippen molar-refractivity contribution in [3.05, 3.63) is 194 Å². The van der Waals surface area contributed by atoms with E-state index in [9.17, 15) is 34.5 Å². The molecule has 13 heteroatoms. The Morgan fingerprint density at radius 1 is 0.785 bits per heavy atom. The number of likely N-dealkylation sites (tertiary alicyclic amines) is 1. The number of H-pyrrole nitrogens is 1. The number of fused-ring (bicyclic) bond motifs is 2. The van der Waals surface area contributed by atoms with Gasteiger partial charge in [-0.1, -0.05) is 91.0 Å². The van der Waals surface area contributed by atoms with E-state index in [0.29, 0.717) is 39.7 Å². The van der Waals surface area contributed by atoms with Crippen molar-refractivity contribution in [1.29, 1.82) is 0 Å². The van der Waals surface area contributed by atoms with Crippen molar-refractivity contribution in [2.75, 3.05) is 26.2 Å². The van der Waals surface area contributed by atoms with Gasteiger partial charge in [-0.3, -0.25) is 24.2 Å². The van der Waals surface area contributed by atoms with Crippen LogP contribution in [0.15, 0.2) is 144 Å². The fraction of sp³-hybridized carbons (Fsp3) is 0.231. The number of rotatable bonds is 15. The highest BCUT2D eigenvalue weighted by atomic mass is 32.1. The Bertz CT molecular complexity index is 2930. The highest BCUT2D eigenvalue weighted by Crippen LogP contribution is 2.37. The van der Waals surface area contributed by atoms with Crippen molar-refractivity contribution in [3.63, 3.8) is 0 Å². The van der Waals surface area contributed by atoms with Crippen LogP contribution in [-0.2, 0) is 34.8 Å². The number of imide groups is 1. The van der Waals surface area contributed by atoms with Crippen LogP contribution in [0.1, 0.15) is 72.4 Å². The number of phenols is 1. The molecule has 0 bridgehead atoms. The third-order valence-corrected chi connectivity index (χ3v) is 13.5. The van der Waals surface area contributed by atoms with Gasteiger partial charge in [-0.05, 0) is 102 Å². The molecule has 0 saturated carbocycles. The maximum Gasteiger partial charge on any atom is 0.347 e. The number of nitrogens with one attached hydrogen (secondary N) is 2. The maximum atomic E-state index is 14.0. The molecule has 9 rings (SSSR count). The number of ether oxygens (including phenoxy) is 1. The number of hydrogen-bond acceptors (Lipinski definition) is 11. The molecule has 2 atom stereocenters. The first-order chi connectivity index (χ1) is 31.5. The molecule has 2 aromatic heterocycles. The molecule has 1 saturated heterocycles. The summed E-state index contributed by atoms with van der Waals surface area (Å²) in [7, 11) is 0. The van der Waals surface area contributed by atoms with E-state index < -0.39 is 29.5 Å². The smallest absolute Gasteiger partial charge is 0.347 e. The van der Waals surface area contributed by atoms with Crippen molar-refractivity contribution in [3.8, 4) is 16.2 Å². The van der Waals surface area contributed by atoms with Gasteiger partial charge in [0.1, 0.15) is 5.75 Å². The number of piperidine rings is 1. The number of esters is 1. The number of nitrogens with zero attached hydrogens (tertiary/aromatic N) is 2. The van der Waals surface area contributed by atoms with Gasteiger partial charge >= 0.3 is 5.97 Å². The Labute approximate surface area is 379 Å². The summed E-state index contributed by atoms with van der Waals surface area (Å²) in [6, 6.07) is 41.2. The topological polar surface area (TPSA) is 172 Å². The number of thiophene rings is 1. The molecular formula is C52H48N4O8S. The van der Waals surface area contributed by atoms with E-state index in [0.717, 1.165) is 53.4 Å². The van der Waals surface area contributed by atoms with Gasteiger partial charge in [0.15, 0.2) is 0 Å². The van der Waals surface area contributed by atoms with E-state index >= 15 is 0 Å². The average molecular weight is 889 g/mol. The Kier molecular flexibility index (Phi) is 12.6. The third kappa shape index (κ3) is 9.15. The van der Waals surface area contributed by atoms with Crippen molar-refractivity contribution < 1.29 is 34.4 Å². The molecule has 0 aliphatic carbocycles. The van der Waals surface area contributed by atoms with E-state index in [4.69, 9.17) is 4.74 Å². The zero-order valence-corrected chi connectivity index (χ0v) is 36.3. The number of pyridine rings is 1. The first kappa shape index (κ1) is 43.5. The highest BCUT2D eigenvalue weighted by molar-refractivity contribution is 7.15. The van der Waals surface area contributed by atoms with Gasteiger partial charge in [0.05, 0.1) is 35.9 Å². The second-order valence-corrected chi connectivity index (χ2v) is 17.9. The number of aromatic amines is 1. The normalized spacial score (nSPS) is 15.8. The number of benzene rings is 5. The standard InChI is InChI=1S/C52H48N4O8S/c57-44-19-17-40(41-18-21-47(59)54-48(41)44)45(58)29-53-28-35-14-16-42-43(26-35)50(61)56(49(42)60)31-39-15-20-46(65-39)36-10-7-13-38(27-36)52(63,37-11-5-2-6-12-37)51(62)64-32-34-22-24-55(25-23-34)30-33-8-3-1-4-9-33/h1-21,26-27,34,45,53,57-58,63H,22-25,28-32H2,(H,54,59)/t45-,52?/m0/s1. The summed E-state index contributed by atoms with van der Waals surface area (Å²) < 4.78 is 5.95. The molecule has 1 unspecified atom stereocenters. The predicted octanol–water partition coefficient (Wildman–Crippen LogP) is 7.27. The molecule has 330 valence electrons. The predicted molar refractivity (Wildman–Crippen MR) is 248 cm³/mol. The SMILES string of the molecule is O=C1c2ccc(CNC[C@H](O)c3ccc(O)c4[nH]c(=O)ccc34)cc2C(=O)N1Cc1ccc(-c2cccc(C(O)(C(=O)OCC3CCN(Cc4ccccc4)CC3)c3ccccc3)c2)s1. The monoisotopic (exact) mass is 888 g/mol. The van der Waals surface area contributed by atoms with Gasteiger partial charge in [0.2, 0.25) is 11.2 Å². The molecule has 2 amide bonds. The zero-order chi connectivity index (χ0) is 45.1. The lowest BCUT2D eigenvalue weighted by Gasteiger charge is -2.33. The Hall–Kier alpha value is -6.74. The van der Waals surface area contributed by atoms with Gasteiger partial charge in [0, 0.05) is 46.4 Å². The van der Waals surface area contributed by atoms with Crippen LogP contribution in [0, 0.1) is 5.92 Å². The maximum absolute atomic E-state index is 14.0. The van der Waals surface area contributed by atoms with Crippen LogP contribution in [-0.4, -0.2) is 74.1 Å². The molecule has 4 heterocycles. The molecule has 1 fully saturated rings. The van der Waals surface area contributed by atoms with Crippen molar-refractivity contribution >= 4 is 40.0 Å². The lowest BCUT2D eigenvalue weighted by atomic mass is 9.85. The van der Waals surface area contributed by atoms with Gasteiger partial charge < -0.3 is 30.4 Å².